The highest BCUT2D eigenvalue weighted by atomic mass is 19.1. The molecule has 29 heavy (non-hydrogen) atoms. The third-order valence-electron chi connectivity index (χ3n) is 4.84. The number of ether oxygens (including phenoxy) is 1. The fourth-order valence-electron chi connectivity index (χ4n) is 3.37. The first-order valence-corrected chi connectivity index (χ1v) is 9.53. The number of rotatable bonds is 1. The molecule has 0 unspecified atom stereocenters. The lowest BCUT2D eigenvalue weighted by Crippen LogP contribution is -2.41. The summed E-state index contributed by atoms with van der Waals surface area (Å²) in [6.45, 7) is 3.85. The molecule has 4 rings (SSSR count). The van der Waals surface area contributed by atoms with Crippen molar-refractivity contribution < 1.29 is 13.9 Å². The zero-order valence-electron chi connectivity index (χ0n) is 16.4. The van der Waals surface area contributed by atoms with E-state index in [1.807, 2.05) is 31.1 Å². The third-order valence-corrected chi connectivity index (χ3v) is 4.84. The molecule has 2 bridgehead atoms. The van der Waals surface area contributed by atoms with Crippen LogP contribution in [0.2, 0.25) is 0 Å². The molecule has 1 N–H and O–H groups in total. The predicted octanol–water partition coefficient (Wildman–Crippen LogP) is 2.43. The number of amides is 2. The molecule has 8 nitrogen and oxygen atoms in total. The van der Waals surface area contributed by atoms with Crippen molar-refractivity contribution in [3.63, 3.8) is 0 Å². The Morgan fingerprint density at radius 3 is 2.97 bits per heavy atom. The Bertz CT molecular complexity index is 1040. The fraction of sp³-hybridized carbons (Fsp3) is 0.350. The van der Waals surface area contributed by atoms with Crippen LogP contribution in [0.15, 0.2) is 36.7 Å². The summed E-state index contributed by atoms with van der Waals surface area (Å²) < 4.78 is 21.5. The van der Waals surface area contributed by atoms with Crippen molar-refractivity contribution >= 4 is 17.5 Å². The largest absolute Gasteiger partial charge is 0.491 e. The van der Waals surface area contributed by atoms with Crippen molar-refractivity contribution in [2.75, 3.05) is 31.6 Å². The lowest BCUT2D eigenvalue weighted by atomic mass is 10.2. The molecule has 2 aromatic heterocycles. The second kappa shape index (κ2) is 7.94. The number of carbonyl (C=O) groups is 1. The highest BCUT2D eigenvalue weighted by Crippen LogP contribution is 2.24. The van der Waals surface area contributed by atoms with Gasteiger partial charge < -0.3 is 19.9 Å². The summed E-state index contributed by atoms with van der Waals surface area (Å²) in [6.07, 6.45) is 3.56. The Balaban J connectivity index is 1.77. The monoisotopic (exact) mass is 398 g/mol. The van der Waals surface area contributed by atoms with Gasteiger partial charge in [0.25, 0.3) is 0 Å². The van der Waals surface area contributed by atoms with Crippen LogP contribution >= 0.6 is 0 Å². The van der Waals surface area contributed by atoms with E-state index in [1.54, 1.807) is 21.7 Å². The number of anilines is 1. The zero-order valence-corrected chi connectivity index (χ0v) is 16.4. The predicted molar refractivity (Wildman–Crippen MR) is 106 cm³/mol. The molecule has 1 aliphatic rings. The van der Waals surface area contributed by atoms with E-state index in [9.17, 15) is 9.18 Å². The average Bonchev–Trinajstić information content (AvgIpc) is 3.10. The topological polar surface area (TPSA) is 75.0 Å². The minimum Gasteiger partial charge on any atom is -0.491 e. The van der Waals surface area contributed by atoms with E-state index >= 15 is 0 Å². The number of nitrogens with one attached hydrogen (secondary N) is 1. The van der Waals surface area contributed by atoms with Gasteiger partial charge in [-0.1, -0.05) is 0 Å². The molecule has 0 radical (unpaired) electrons. The maximum absolute atomic E-state index is 13.9. The molecule has 1 aromatic carbocycles. The number of aromatic nitrogens is 3. The van der Waals surface area contributed by atoms with Gasteiger partial charge in [0.2, 0.25) is 0 Å². The maximum Gasteiger partial charge on any atom is 0.317 e. The molecule has 0 aliphatic carbocycles. The van der Waals surface area contributed by atoms with Gasteiger partial charge in [-0.3, -0.25) is 0 Å². The standard InChI is InChI=1S/C20H23FN6O2/c1-3-22-20(28)26-8-9-29-17-5-4-16(21)10-14(17)12-25(2)18-6-7-27-19(24-18)15(13-26)11-23-27/h4-7,10-11H,3,8-9,12-13H2,1-2H3,(H,22,28). The highest BCUT2D eigenvalue weighted by Gasteiger charge is 2.19. The van der Waals surface area contributed by atoms with Crippen LogP contribution in [0.3, 0.4) is 0 Å². The fourth-order valence-corrected chi connectivity index (χ4v) is 3.37. The Kier molecular flexibility index (Phi) is 5.20. The van der Waals surface area contributed by atoms with Gasteiger partial charge in [0, 0.05) is 37.5 Å². The van der Waals surface area contributed by atoms with Gasteiger partial charge in [0.15, 0.2) is 5.65 Å². The van der Waals surface area contributed by atoms with Crippen molar-refractivity contribution in [2.24, 2.45) is 0 Å². The van der Waals surface area contributed by atoms with Gasteiger partial charge in [-0.25, -0.2) is 18.7 Å². The molecule has 0 saturated heterocycles. The van der Waals surface area contributed by atoms with Crippen LogP contribution in [0.5, 0.6) is 5.75 Å². The van der Waals surface area contributed by atoms with E-state index in [0.717, 1.165) is 11.4 Å². The van der Waals surface area contributed by atoms with Gasteiger partial charge in [-0.15, -0.1) is 0 Å². The summed E-state index contributed by atoms with van der Waals surface area (Å²) in [5.41, 5.74) is 2.24. The first-order valence-electron chi connectivity index (χ1n) is 9.53. The van der Waals surface area contributed by atoms with E-state index in [0.29, 0.717) is 43.1 Å². The van der Waals surface area contributed by atoms with E-state index in [4.69, 9.17) is 9.72 Å². The zero-order chi connectivity index (χ0) is 20.4. The lowest BCUT2D eigenvalue weighted by molar-refractivity contribution is 0.179. The normalized spacial score (nSPS) is 14.6. The van der Waals surface area contributed by atoms with Crippen LogP contribution in [0.1, 0.15) is 18.1 Å². The van der Waals surface area contributed by atoms with Crippen molar-refractivity contribution in [3.8, 4) is 5.75 Å². The Labute approximate surface area is 167 Å². The molecule has 1 aliphatic heterocycles. The molecule has 2 amide bonds. The molecule has 0 saturated carbocycles. The number of benzene rings is 1. The van der Waals surface area contributed by atoms with E-state index < -0.39 is 0 Å². The maximum atomic E-state index is 13.9. The van der Waals surface area contributed by atoms with E-state index in [1.165, 1.54) is 12.1 Å². The molecular formula is C20H23FN6O2. The Morgan fingerprint density at radius 2 is 2.14 bits per heavy atom. The smallest absolute Gasteiger partial charge is 0.317 e. The minimum absolute atomic E-state index is 0.182. The van der Waals surface area contributed by atoms with Gasteiger partial charge in [-0.05, 0) is 31.2 Å². The number of fused-ring (bicyclic) bond motifs is 2. The second-order valence-corrected chi connectivity index (χ2v) is 6.94. The van der Waals surface area contributed by atoms with Crippen LogP contribution in [0.4, 0.5) is 15.0 Å². The van der Waals surface area contributed by atoms with Crippen molar-refractivity contribution in [1.29, 1.82) is 0 Å². The number of urea groups is 1. The molecule has 3 aromatic rings. The van der Waals surface area contributed by atoms with Crippen LogP contribution in [0, 0.1) is 5.82 Å². The van der Waals surface area contributed by atoms with Crippen LogP contribution in [-0.4, -0.2) is 52.3 Å². The van der Waals surface area contributed by atoms with Crippen LogP contribution < -0.4 is 15.0 Å². The third kappa shape index (κ3) is 3.94. The van der Waals surface area contributed by atoms with Gasteiger partial charge in [-0.2, -0.15) is 5.10 Å². The second-order valence-electron chi connectivity index (χ2n) is 6.94. The summed E-state index contributed by atoms with van der Waals surface area (Å²) in [5.74, 6) is 0.992. The van der Waals surface area contributed by atoms with E-state index in [-0.39, 0.29) is 18.5 Å². The quantitative estimate of drug-likeness (QED) is 0.682. The molecule has 0 spiro atoms. The summed E-state index contributed by atoms with van der Waals surface area (Å²) in [6, 6.07) is 6.14. The Morgan fingerprint density at radius 1 is 1.28 bits per heavy atom. The molecule has 3 heterocycles. The van der Waals surface area contributed by atoms with Crippen LogP contribution in [0.25, 0.3) is 5.65 Å². The van der Waals surface area contributed by atoms with Crippen molar-refractivity contribution in [1.82, 2.24) is 24.8 Å². The number of hydrogen-bond donors (Lipinski definition) is 1. The number of hydrogen-bond acceptors (Lipinski definition) is 5. The van der Waals surface area contributed by atoms with E-state index in [2.05, 4.69) is 10.4 Å². The lowest BCUT2D eigenvalue weighted by Gasteiger charge is -2.23. The first-order chi connectivity index (χ1) is 14.0. The van der Waals surface area contributed by atoms with Crippen molar-refractivity contribution in [2.45, 2.75) is 20.0 Å². The van der Waals surface area contributed by atoms with Crippen LogP contribution in [-0.2, 0) is 13.1 Å². The summed E-state index contributed by atoms with van der Waals surface area (Å²) in [7, 11) is 1.89. The minimum atomic E-state index is -0.324. The molecule has 0 atom stereocenters. The highest BCUT2D eigenvalue weighted by molar-refractivity contribution is 5.74. The Hall–Kier alpha value is -3.36. The summed E-state index contributed by atoms with van der Waals surface area (Å²) in [5, 5.41) is 7.17. The van der Waals surface area contributed by atoms with Gasteiger partial charge in [0.05, 0.1) is 19.3 Å². The average molecular weight is 398 g/mol. The molecule has 0 fully saturated rings. The number of carbonyl (C=O) groups excluding carboxylic acids is 1. The first kappa shape index (κ1) is 19.0. The number of nitrogens with zero attached hydrogens (tertiary/aromatic N) is 5. The summed E-state index contributed by atoms with van der Waals surface area (Å²) in [4.78, 5) is 20.9. The summed E-state index contributed by atoms with van der Waals surface area (Å²) >= 11 is 0. The molecule has 9 heteroatoms. The molecular weight excluding hydrogens is 375 g/mol. The van der Waals surface area contributed by atoms with Crippen molar-refractivity contribution in [3.05, 3.63) is 53.6 Å². The van der Waals surface area contributed by atoms with Gasteiger partial charge in [0.1, 0.15) is 24.0 Å². The van der Waals surface area contributed by atoms with Gasteiger partial charge >= 0.3 is 6.03 Å². The SMILES string of the molecule is CCNC(=O)N1CCOc2ccc(F)cc2CN(C)c2ccn3ncc(c3n2)C1. The number of halogens is 1. The molecule has 152 valence electrons.